The molecule has 2 N–H and O–H groups in total. The van der Waals surface area contributed by atoms with Gasteiger partial charge < -0.3 is 10.3 Å². The Balaban J connectivity index is 2.21. The van der Waals surface area contributed by atoms with E-state index in [1.165, 1.54) is 0 Å². The monoisotopic (exact) mass is 339 g/mol. The van der Waals surface area contributed by atoms with E-state index in [4.69, 9.17) is 33.5 Å². The molecule has 3 aromatic rings. The predicted octanol–water partition coefficient (Wildman–Crippen LogP) is 4.97. The van der Waals surface area contributed by atoms with Gasteiger partial charge in [-0.05, 0) is 31.5 Å². The molecule has 0 fully saturated rings. The molecule has 3 rings (SSSR count). The first-order valence-corrected chi connectivity index (χ1v) is 7.69. The number of benzene rings is 1. The number of aryl methyl sites for hydroxylation is 2. The number of aromatic nitrogens is 2. The number of nitrogen functional groups attached to an aromatic ring is 1. The van der Waals surface area contributed by atoms with Crippen molar-refractivity contribution >= 4 is 40.4 Å². The van der Waals surface area contributed by atoms with Crippen LogP contribution in [0, 0.1) is 13.8 Å². The van der Waals surface area contributed by atoms with Gasteiger partial charge in [0.05, 0.1) is 31.2 Å². The molecule has 7 heteroatoms. The summed E-state index contributed by atoms with van der Waals surface area (Å²) in [4.78, 5) is 5.35. The quantitative estimate of drug-likeness (QED) is 0.715. The number of halogens is 2. The predicted molar refractivity (Wildman–Crippen MR) is 87.0 cm³/mol. The molecule has 0 unspecified atom stereocenters. The molecule has 1 aromatic carbocycles. The Hall–Kier alpha value is -1.56. The topological polar surface area (TPSA) is 64.9 Å². The first-order valence-electron chi connectivity index (χ1n) is 6.12. The summed E-state index contributed by atoms with van der Waals surface area (Å²) >= 11 is 13.6. The second kappa shape index (κ2) is 5.33. The Labute approximate surface area is 135 Å². The van der Waals surface area contributed by atoms with Crippen molar-refractivity contribution in [1.82, 2.24) is 10.1 Å². The summed E-state index contributed by atoms with van der Waals surface area (Å²) in [6.07, 6.45) is 0. The van der Waals surface area contributed by atoms with Crippen molar-refractivity contribution in [3.8, 4) is 21.7 Å². The van der Waals surface area contributed by atoms with Crippen LogP contribution < -0.4 is 5.73 Å². The van der Waals surface area contributed by atoms with Crippen LogP contribution in [-0.2, 0) is 0 Å². The lowest BCUT2D eigenvalue weighted by Gasteiger charge is -2.03. The fourth-order valence-electron chi connectivity index (χ4n) is 2.14. The zero-order valence-corrected chi connectivity index (χ0v) is 13.6. The van der Waals surface area contributed by atoms with Crippen LogP contribution in [0.5, 0.6) is 0 Å². The van der Waals surface area contributed by atoms with Gasteiger partial charge in [0.15, 0.2) is 0 Å². The van der Waals surface area contributed by atoms with Crippen LogP contribution in [0.4, 0.5) is 5.88 Å². The number of nitrogens with zero attached hydrogens (tertiary/aromatic N) is 2. The average molecular weight is 340 g/mol. The summed E-state index contributed by atoms with van der Waals surface area (Å²) in [5.74, 6) is 0.244. The molecule has 0 aliphatic carbocycles. The standard InChI is InChI=1S/C14H11Cl2N3OS/c1-6-13(21-7(2)18-6)12-11(14(17)20-19-12)8-3-4-9(15)10(16)5-8/h3-5H,17H2,1-2H3. The third-order valence-corrected chi connectivity index (χ3v) is 4.86. The maximum atomic E-state index is 6.08. The minimum atomic E-state index is 0.244. The van der Waals surface area contributed by atoms with Crippen LogP contribution >= 0.6 is 34.5 Å². The van der Waals surface area contributed by atoms with Gasteiger partial charge in [-0.15, -0.1) is 11.3 Å². The fourth-order valence-corrected chi connectivity index (χ4v) is 3.34. The van der Waals surface area contributed by atoms with E-state index in [0.29, 0.717) is 21.3 Å². The van der Waals surface area contributed by atoms with Crippen LogP contribution in [0.25, 0.3) is 21.7 Å². The van der Waals surface area contributed by atoms with Crippen molar-refractivity contribution in [2.24, 2.45) is 0 Å². The largest absolute Gasteiger partial charge is 0.367 e. The number of anilines is 1. The van der Waals surface area contributed by atoms with E-state index >= 15 is 0 Å². The minimum Gasteiger partial charge on any atom is -0.367 e. The van der Waals surface area contributed by atoms with Gasteiger partial charge in [0.25, 0.3) is 0 Å². The molecule has 0 aliphatic rings. The van der Waals surface area contributed by atoms with Crippen LogP contribution in [0.3, 0.4) is 0 Å². The molecule has 0 atom stereocenters. The molecule has 4 nitrogen and oxygen atoms in total. The number of hydrogen-bond acceptors (Lipinski definition) is 5. The minimum absolute atomic E-state index is 0.244. The maximum Gasteiger partial charge on any atom is 0.230 e. The van der Waals surface area contributed by atoms with E-state index in [-0.39, 0.29) is 5.88 Å². The van der Waals surface area contributed by atoms with Gasteiger partial charge in [-0.2, -0.15) is 0 Å². The molecule has 0 saturated heterocycles. The van der Waals surface area contributed by atoms with Gasteiger partial charge in [0, 0.05) is 0 Å². The number of rotatable bonds is 2. The van der Waals surface area contributed by atoms with E-state index in [0.717, 1.165) is 21.1 Å². The van der Waals surface area contributed by atoms with Crippen molar-refractivity contribution in [3.05, 3.63) is 38.9 Å². The van der Waals surface area contributed by atoms with Crippen LogP contribution in [0.1, 0.15) is 10.7 Å². The van der Waals surface area contributed by atoms with E-state index in [1.807, 2.05) is 19.9 Å². The summed E-state index contributed by atoms with van der Waals surface area (Å²) < 4.78 is 5.17. The molecule has 2 aromatic heterocycles. The summed E-state index contributed by atoms with van der Waals surface area (Å²) in [7, 11) is 0. The molecule has 0 saturated carbocycles. The second-order valence-electron chi connectivity index (χ2n) is 4.55. The smallest absolute Gasteiger partial charge is 0.230 e. The Morgan fingerprint density at radius 3 is 2.57 bits per heavy atom. The van der Waals surface area contributed by atoms with Gasteiger partial charge >= 0.3 is 0 Å². The van der Waals surface area contributed by atoms with E-state index in [2.05, 4.69) is 10.1 Å². The lowest BCUT2D eigenvalue weighted by molar-refractivity contribution is 0.439. The first kappa shape index (κ1) is 14.4. The molecule has 0 amide bonds. The van der Waals surface area contributed by atoms with Crippen molar-refractivity contribution in [3.63, 3.8) is 0 Å². The molecular weight excluding hydrogens is 329 g/mol. The second-order valence-corrected chi connectivity index (χ2v) is 6.56. The van der Waals surface area contributed by atoms with Gasteiger partial charge in [-0.1, -0.05) is 34.4 Å². The first-order chi connectivity index (χ1) is 9.97. The molecule has 0 bridgehead atoms. The Morgan fingerprint density at radius 2 is 1.95 bits per heavy atom. The number of nitrogens with two attached hydrogens (primary N) is 1. The third kappa shape index (κ3) is 2.52. The zero-order chi connectivity index (χ0) is 15.1. The molecule has 21 heavy (non-hydrogen) atoms. The molecule has 2 heterocycles. The molecule has 0 aliphatic heterocycles. The van der Waals surface area contributed by atoms with Crippen LogP contribution in [0.2, 0.25) is 10.0 Å². The van der Waals surface area contributed by atoms with Crippen LogP contribution in [-0.4, -0.2) is 10.1 Å². The highest BCUT2D eigenvalue weighted by Gasteiger charge is 2.21. The fraction of sp³-hybridized carbons (Fsp3) is 0.143. The lowest BCUT2D eigenvalue weighted by atomic mass is 10.0. The van der Waals surface area contributed by atoms with E-state index in [1.54, 1.807) is 23.5 Å². The van der Waals surface area contributed by atoms with Gasteiger partial charge in [-0.3, -0.25) is 0 Å². The Kier molecular flexibility index (Phi) is 3.65. The van der Waals surface area contributed by atoms with Gasteiger partial charge in [-0.25, -0.2) is 4.98 Å². The highest BCUT2D eigenvalue weighted by Crippen LogP contribution is 2.41. The molecule has 0 spiro atoms. The Bertz CT molecular complexity index is 826. The summed E-state index contributed by atoms with van der Waals surface area (Å²) in [5.41, 5.74) is 9.02. The van der Waals surface area contributed by atoms with Crippen LogP contribution in [0.15, 0.2) is 22.7 Å². The number of thiazole rings is 1. The van der Waals surface area contributed by atoms with Crippen molar-refractivity contribution in [1.29, 1.82) is 0 Å². The van der Waals surface area contributed by atoms with Gasteiger partial charge in [0.2, 0.25) is 5.88 Å². The van der Waals surface area contributed by atoms with Crippen molar-refractivity contribution in [2.45, 2.75) is 13.8 Å². The lowest BCUT2D eigenvalue weighted by Crippen LogP contribution is -1.88. The van der Waals surface area contributed by atoms with E-state index < -0.39 is 0 Å². The normalized spacial score (nSPS) is 11.0. The van der Waals surface area contributed by atoms with Crippen molar-refractivity contribution < 1.29 is 4.52 Å². The third-order valence-electron chi connectivity index (χ3n) is 3.05. The summed E-state index contributed by atoms with van der Waals surface area (Å²) in [6, 6.07) is 5.31. The molecule has 108 valence electrons. The molecule has 0 radical (unpaired) electrons. The molecular formula is C14H11Cl2N3OS. The van der Waals surface area contributed by atoms with Crippen molar-refractivity contribution in [2.75, 3.05) is 5.73 Å². The maximum absolute atomic E-state index is 6.08. The summed E-state index contributed by atoms with van der Waals surface area (Å²) in [5, 5.41) is 5.99. The SMILES string of the molecule is Cc1nc(C)c(-c2noc(N)c2-c2ccc(Cl)c(Cl)c2)s1. The van der Waals surface area contributed by atoms with E-state index in [9.17, 15) is 0 Å². The highest BCUT2D eigenvalue weighted by molar-refractivity contribution is 7.15. The average Bonchev–Trinajstić information content (AvgIpc) is 2.95. The highest BCUT2D eigenvalue weighted by atomic mass is 35.5. The number of hydrogen-bond donors (Lipinski definition) is 1. The zero-order valence-electron chi connectivity index (χ0n) is 11.3. The van der Waals surface area contributed by atoms with Gasteiger partial charge in [0.1, 0.15) is 5.69 Å². The Morgan fingerprint density at radius 1 is 1.19 bits per heavy atom. The summed E-state index contributed by atoms with van der Waals surface area (Å²) in [6.45, 7) is 3.88.